The summed E-state index contributed by atoms with van der Waals surface area (Å²) in [6.07, 6.45) is 2.41. The molecule has 3 unspecified atom stereocenters. The first-order chi connectivity index (χ1) is 10.0. The van der Waals surface area contributed by atoms with Crippen LogP contribution in [0, 0.1) is 5.92 Å². The fraction of sp³-hybridized carbons (Fsp3) is 0.875. The molecule has 0 spiro atoms. The second-order valence-electron chi connectivity index (χ2n) is 6.33. The predicted molar refractivity (Wildman–Crippen MR) is 80.8 cm³/mol. The molecule has 0 bridgehead atoms. The van der Waals surface area contributed by atoms with Crippen molar-refractivity contribution in [1.29, 1.82) is 0 Å². The van der Waals surface area contributed by atoms with Gasteiger partial charge >= 0.3 is 0 Å². The Bertz CT molecular complexity index is 397. The first-order valence-corrected chi connectivity index (χ1v) is 8.23. The third kappa shape index (κ3) is 2.93. The highest BCUT2D eigenvalue weighted by molar-refractivity contribution is 5.97. The van der Waals surface area contributed by atoms with Crippen LogP contribution in [0.4, 0.5) is 0 Å². The van der Waals surface area contributed by atoms with E-state index in [-0.39, 0.29) is 35.9 Å². The summed E-state index contributed by atoms with van der Waals surface area (Å²) >= 11 is 0. The van der Waals surface area contributed by atoms with E-state index in [0.29, 0.717) is 19.6 Å². The van der Waals surface area contributed by atoms with Crippen LogP contribution in [0.1, 0.15) is 47.0 Å². The largest absolute Gasteiger partial charge is 0.380 e. The van der Waals surface area contributed by atoms with Crippen molar-refractivity contribution in [1.82, 2.24) is 9.80 Å². The van der Waals surface area contributed by atoms with Gasteiger partial charge in [0.1, 0.15) is 12.1 Å². The van der Waals surface area contributed by atoms with Crippen LogP contribution in [-0.2, 0) is 14.3 Å². The van der Waals surface area contributed by atoms with Crippen molar-refractivity contribution in [3.63, 3.8) is 0 Å². The molecule has 2 fully saturated rings. The molecule has 0 aromatic heterocycles. The molecule has 2 saturated heterocycles. The van der Waals surface area contributed by atoms with Crippen molar-refractivity contribution in [3.8, 4) is 0 Å². The summed E-state index contributed by atoms with van der Waals surface area (Å²) in [6, 6.07) is -0.572. The van der Waals surface area contributed by atoms with E-state index >= 15 is 0 Å². The number of fused-ring (bicyclic) bond motifs is 1. The van der Waals surface area contributed by atoms with Crippen LogP contribution in [0.25, 0.3) is 0 Å². The smallest absolute Gasteiger partial charge is 0.246 e. The monoisotopic (exact) mass is 296 g/mol. The minimum atomic E-state index is -0.320. The molecule has 2 aliphatic rings. The van der Waals surface area contributed by atoms with Gasteiger partial charge in [-0.2, -0.15) is 0 Å². The van der Waals surface area contributed by atoms with Gasteiger partial charge in [-0.15, -0.1) is 0 Å². The summed E-state index contributed by atoms with van der Waals surface area (Å²) in [6.45, 7) is 10.00. The highest BCUT2D eigenvalue weighted by Crippen LogP contribution is 2.31. The quantitative estimate of drug-likeness (QED) is 0.749. The Morgan fingerprint density at radius 1 is 1.24 bits per heavy atom. The van der Waals surface area contributed by atoms with Crippen molar-refractivity contribution in [3.05, 3.63) is 0 Å². The highest BCUT2D eigenvalue weighted by atomic mass is 16.5. The van der Waals surface area contributed by atoms with Gasteiger partial charge in [0.05, 0.1) is 12.6 Å². The van der Waals surface area contributed by atoms with Crippen molar-refractivity contribution in [2.45, 2.75) is 65.1 Å². The average Bonchev–Trinajstić information content (AvgIpc) is 2.94. The zero-order valence-electron chi connectivity index (χ0n) is 13.7. The Balaban J connectivity index is 2.28. The second kappa shape index (κ2) is 6.77. The van der Waals surface area contributed by atoms with Gasteiger partial charge in [-0.25, -0.2) is 0 Å². The van der Waals surface area contributed by atoms with E-state index in [1.165, 1.54) is 0 Å². The van der Waals surface area contributed by atoms with E-state index in [1.54, 1.807) is 4.90 Å². The number of hydrogen-bond acceptors (Lipinski definition) is 3. The van der Waals surface area contributed by atoms with Gasteiger partial charge in [-0.05, 0) is 32.1 Å². The van der Waals surface area contributed by atoms with Crippen molar-refractivity contribution >= 4 is 11.8 Å². The van der Waals surface area contributed by atoms with Gasteiger partial charge in [-0.1, -0.05) is 20.8 Å². The van der Waals surface area contributed by atoms with Gasteiger partial charge in [0.2, 0.25) is 11.8 Å². The van der Waals surface area contributed by atoms with E-state index < -0.39 is 0 Å². The van der Waals surface area contributed by atoms with Gasteiger partial charge in [0.15, 0.2) is 0 Å². The van der Waals surface area contributed by atoms with Crippen molar-refractivity contribution < 1.29 is 14.3 Å². The minimum Gasteiger partial charge on any atom is -0.380 e. The molecule has 0 N–H and O–H groups in total. The topological polar surface area (TPSA) is 49.9 Å². The van der Waals surface area contributed by atoms with E-state index in [9.17, 15) is 9.59 Å². The SMILES string of the molecule is CCOCC(C(C)C)N1C(=O)C2CCCN2C(=O)C1CC. The molecule has 0 aromatic rings. The van der Waals surface area contributed by atoms with Crippen LogP contribution < -0.4 is 0 Å². The van der Waals surface area contributed by atoms with Crippen LogP contribution in [0.2, 0.25) is 0 Å². The number of ether oxygens (including phenoxy) is 1. The lowest BCUT2D eigenvalue weighted by atomic mass is 9.95. The Labute approximate surface area is 127 Å². The maximum absolute atomic E-state index is 12.9. The van der Waals surface area contributed by atoms with Crippen LogP contribution in [0.15, 0.2) is 0 Å². The van der Waals surface area contributed by atoms with Crippen LogP contribution >= 0.6 is 0 Å². The average molecular weight is 296 g/mol. The molecule has 5 heteroatoms. The lowest BCUT2D eigenvalue weighted by Gasteiger charge is -2.46. The molecule has 2 heterocycles. The molecule has 2 rings (SSSR count). The van der Waals surface area contributed by atoms with Crippen molar-refractivity contribution in [2.75, 3.05) is 19.8 Å². The second-order valence-corrected chi connectivity index (χ2v) is 6.33. The molecule has 0 aliphatic carbocycles. The fourth-order valence-electron chi connectivity index (χ4n) is 3.52. The number of carbonyl (C=O) groups is 2. The summed E-state index contributed by atoms with van der Waals surface area (Å²) in [5.41, 5.74) is 0. The molecular formula is C16H28N2O3. The lowest BCUT2D eigenvalue weighted by Crippen LogP contribution is -2.66. The number of amides is 2. The Hall–Kier alpha value is -1.10. The molecule has 3 atom stereocenters. The molecule has 2 amide bonds. The van der Waals surface area contributed by atoms with Crippen LogP contribution in [0.3, 0.4) is 0 Å². The van der Waals surface area contributed by atoms with Gasteiger partial charge in [0.25, 0.3) is 0 Å². The van der Waals surface area contributed by atoms with E-state index in [4.69, 9.17) is 4.74 Å². The third-order valence-corrected chi connectivity index (χ3v) is 4.70. The summed E-state index contributed by atoms with van der Waals surface area (Å²) in [4.78, 5) is 29.2. The molecule has 5 nitrogen and oxygen atoms in total. The van der Waals surface area contributed by atoms with E-state index in [2.05, 4.69) is 13.8 Å². The van der Waals surface area contributed by atoms with Crippen LogP contribution in [0.5, 0.6) is 0 Å². The molecule has 120 valence electrons. The number of hydrogen-bond donors (Lipinski definition) is 0. The van der Waals surface area contributed by atoms with Crippen LogP contribution in [-0.4, -0.2) is 59.5 Å². The molecule has 2 aliphatic heterocycles. The Morgan fingerprint density at radius 3 is 2.52 bits per heavy atom. The van der Waals surface area contributed by atoms with Gasteiger partial charge in [-0.3, -0.25) is 9.59 Å². The molecule has 0 radical (unpaired) electrons. The minimum absolute atomic E-state index is 0.0194. The highest BCUT2D eigenvalue weighted by Gasteiger charge is 2.49. The summed E-state index contributed by atoms with van der Waals surface area (Å²) in [7, 11) is 0. The number of piperazine rings is 1. The van der Waals surface area contributed by atoms with Crippen molar-refractivity contribution in [2.24, 2.45) is 5.92 Å². The maximum Gasteiger partial charge on any atom is 0.246 e. The summed E-state index contributed by atoms with van der Waals surface area (Å²) in [5.74, 6) is 0.523. The Morgan fingerprint density at radius 2 is 1.95 bits per heavy atom. The zero-order chi connectivity index (χ0) is 15.6. The first kappa shape index (κ1) is 16.3. The maximum atomic E-state index is 12.9. The lowest BCUT2D eigenvalue weighted by molar-refractivity contribution is -0.165. The number of nitrogens with zero attached hydrogens (tertiary/aromatic N) is 2. The standard InChI is InChI=1S/C16H28N2O3/c1-5-12-15(19)17-9-7-8-13(17)16(20)18(12)14(11(3)4)10-21-6-2/h11-14H,5-10H2,1-4H3. The number of carbonyl (C=O) groups excluding carboxylic acids is 2. The molecular weight excluding hydrogens is 268 g/mol. The molecule has 21 heavy (non-hydrogen) atoms. The third-order valence-electron chi connectivity index (χ3n) is 4.70. The van der Waals surface area contributed by atoms with Gasteiger partial charge in [0, 0.05) is 13.2 Å². The zero-order valence-corrected chi connectivity index (χ0v) is 13.7. The molecule has 0 saturated carbocycles. The van der Waals surface area contributed by atoms with E-state index in [1.807, 2.05) is 18.7 Å². The molecule has 0 aromatic carbocycles. The fourth-order valence-corrected chi connectivity index (χ4v) is 3.52. The Kier molecular flexibility index (Phi) is 5.25. The normalized spacial score (nSPS) is 27.5. The number of rotatable bonds is 6. The summed E-state index contributed by atoms with van der Waals surface area (Å²) in [5, 5.41) is 0. The summed E-state index contributed by atoms with van der Waals surface area (Å²) < 4.78 is 5.58. The van der Waals surface area contributed by atoms with E-state index in [0.717, 1.165) is 19.4 Å². The van der Waals surface area contributed by atoms with Gasteiger partial charge < -0.3 is 14.5 Å². The predicted octanol–water partition coefficient (Wildman–Crippen LogP) is 1.66. The first-order valence-electron chi connectivity index (χ1n) is 8.23.